The fraction of sp³-hybridized carbons (Fsp3) is 0.333. The number of furan rings is 1. The Kier molecular flexibility index (Phi) is 6.59. The Morgan fingerprint density at radius 1 is 1.28 bits per heavy atom. The zero-order valence-corrected chi connectivity index (χ0v) is 14.7. The summed E-state index contributed by atoms with van der Waals surface area (Å²) in [5, 5.41) is 4.86. The molecule has 0 unspecified atom stereocenters. The quantitative estimate of drug-likeness (QED) is 0.802. The molecule has 0 bridgehead atoms. The van der Waals surface area contributed by atoms with Gasteiger partial charge in [0.1, 0.15) is 11.5 Å². The second-order valence-electron chi connectivity index (χ2n) is 5.80. The van der Waals surface area contributed by atoms with Gasteiger partial charge in [-0.3, -0.25) is 15.0 Å². The van der Waals surface area contributed by atoms with Gasteiger partial charge in [-0.15, -0.1) is 0 Å². The van der Waals surface area contributed by atoms with Crippen molar-refractivity contribution in [2.24, 2.45) is 0 Å². The smallest absolute Gasteiger partial charge is 0.321 e. The molecule has 0 saturated carbocycles. The molecule has 0 aliphatic heterocycles. The maximum Gasteiger partial charge on any atom is 0.321 e. The zero-order chi connectivity index (χ0) is 18.2. The summed E-state index contributed by atoms with van der Waals surface area (Å²) < 4.78 is 10.4. The first-order valence-corrected chi connectivity index (χ1v) is 7.90. The fourth-order valence-electron chi connectivity index (χ4n) is 2.41. The molecule has 2 aromatic rings. The van der Waals surface area contributed by atoms with Crippen molar-refractivity contribution in [2.45, 2.75) is 20.0 Å². The van der Waals surface area contributed by atoms with Crippen LogP contribution in [-0.4, -0.2) is 37.5 Å². The van der Waals surface area contributed by atoms with Crippen molar-refractivity contribution in [2.75, 3.05) is 20.7 Å². The predicted octanol–water partition coefficient (Wildman–Crippen LogP) is 2.05. The summed E-state index contributed by atoms with van der Waals surface area (Å²) in [5.74, 6) is 1.01. The monoisotopic (exact) mass is 345 g/mol. The topological polar surface area (TPSA) is 83.8 Å². The summed E-state index contributed by atoms with van der Waals surface area (Å²) in [4.78, 5) is 25.5. The summed E-state index contributed by atoms with van der Waals surface area (Å²) in [6, 6.07) is 8.81. The predicted molar refractivity (Wildman–Crippen MR) is 93.2 cm³/mol. The molecule has 1 aromatic carbocycles. The van der Waals surface area contributed by atoms with E-state index in [1.165, 1.54) is 6.26 Å². The van der Waals surface area contributed by atoms with Gasteiger partial charge in [-0.2, -0.15) is 0 Å². The van der Waals surface area contributed by atoms with Gasteiger partial charge in [-0.25, -0.2) is 4.79 Å². The lowest BCUT2D eigenvalue weighted by Crippen LogP contribution is -2.43. The molecule has 0 spiro atoms. The van der Waals surface area contributed by atoms with Crippen LogP contribution in [0.2, 0.25) is 0 Å². The van der Waals surface area contributed by atoms with Gasteiger partial charge >= 0.3 is 6.03 Å². The maximum absolute atomic E-state index is 12.0. The number of rotatable bonds is 7. The number of nitrogens with one attached hydrogen (secondary N) is 2. The molecule has 0 aliphatic carbocycles. The average Bonchev–Trinajstić information content (AvgIpc) is 3.06. The van der Waals surface area contributed by atoms with E-state index in [1.807, 2.05) is 37.1 Å². The minimum atomic E-state index is -0.553. The van der Waals surface area contributed by atoms with Crippen molar-refractivity contribution >= 4 is 11.9 Å². The molecule has 2 N–H and O–H groups in total. The van der Waals surface area contributed by atoms with E-state index in [4.69, 9.17) is 9.15 Å². The first-order chi connectivity index (χ1) is 12.0. The number of benzene rings is 1. The molecule has 1 aromatic heterocycles. The van der Waals surface area contributed by atoms with Crippen LogP contribution in [0.5, 0.6) is 5.75 Å². The number of carbonyl (C=O) groups excluding carboxylic acids is 2. The summed E-state index contributed by atoms with van der Waals surface area (Å²) in [6.45, 7) is 2.85. The van der Waals surface area contributed by atoms with Crippen molar-refractivity contribution in [3.8, 4) is 5.75 Å². The lowest BCUT2D eigenvalue weighted by Gasteiger charge is -2.18. The molecule has 3 amide bonds. The van der Waals surface area contributed by atoms with Gasteiger partial charge in [0.25, 0.3) is 0 Å². The van der Waals surface area contributed by atoms with Crippen LogP contribution >= 0.6 is 0 Å². The van der Waals surface area contributed by atoms with E-state index < -0.39 is 6.03 Å². The molecular weight excluding hydrogens is 322 g/mol. The molecule has 1 heterocycles. The van der Waals surface area contributed by atoms with Gasteiger partial charge in [0.2, 0.25) is 5.91 Å². The highest BCUT2D eigenvalue weighted by molar-refractivity contribution is 5.95. The second kappa shape index (κ2) is 8.89. The molecule has 0 saturated heterocycles. The Labute approximate surface area is 146 Å². The van der Waals surface area contributed by atoms with E-state index in [0.717, 1.165) is 16.9 Å². The van der Waals surface area contributed by atoms with Crippen molar-refractivity contribution in [1.29, 1.82) is 0 Å². The molecule has 0 aliphatic rings. The van der Waals surface area contributed by atoms with Crippen LogP contribution in [0, 0.1) is 6.92 Å². The first kappa shape index (κ1) is 18.5. The SMILES string of the molecule is COc1ccc(C)cc1CN(C)CC(=O)NC(=O)NCc1ccco1. The van der Waals surface area contributed by atoms with Crippen LogP contribution < -0.4 is 15.4 Å². The van der Waals surface area contributed by atoms with Crippen molar-refractivity contribution in [1.82, 2.24) is 15.5 Å². The normalized spacial score (nSPS) is 10.6. The van der Waals surface area contributed by atoms with E-state index in [0.29, 0.717) is 12.3 Å². The summed E-state index contributed by atoms with van der Waals surface area (Å²) in [7, 11) is 3.42. The van der Waals surface area contributed by atoms with Crippen molar-refractivity contribution in [3.63, 3.8) is 0 Å². The number of hydrogen-bond donors (Lipinski definition) is 2. The Morgan fingerprint density at radius 2 is 2.08 bits per heavy atom. The Hall–Kier alpha value is -2.80. The fourth-order valence-corrected chi connectivity index (χ4v) is 2.41. The van der Waals surface area contributed by atoms with E-state index in [2.05, 4.69) is 10.6 Å². The van der Waals surface area contributed by atoms with Crippen LogP contribution in [0.3, 0.4) is 0 Å². The molecule has 25 heavy (non-hydrogen) atoms. The van der Waals surface area contributed by atoms with Crippen molar-refractivity contribution in [3.05, 3.63) is 53.5 Å². The molecule has 0 fully saturated rings. The molecule has 134 valence electrons. The Balaban J connectivity index is 1.79. The third-order valence-electron chi connectivity index (χ3n) is 3.55. The number of amides is 3. The van der Waals surface area contributed by atoms with Gasteiger partial charge < -0.3 is 14.5 Å². The minimum Gasteiger partial charge on any atom is -0.496 e. The number of likely N-dealkylation sites (N-methyl/N-ethyl adjacent to an activating group) is 1. The first-order valence-electron chi connectivity index (χ1n) is 7.90. The lowest BCUT2D eigenvalue weighted by atomic mass is 10.1. The van der Waals surface area contributed by atoms with Crippen LogP contribution in [0.25, 0.3) is 0 Å². The minimum absolute atomic E-state index is 0.0886. The third kappa shape index (κ3) is 5.96. The van der Waals surface area contributed by atoms with Gasteiger partial charge in [-0.05, 0) is 32.2 Å². The molecule has 2 rings (SSSR count). The Bertz CT molecular complexity index is 713. The van der Waals surface area contributed by atoms with Gasteiger partial charge in [0, 0.05) is 12.1 Å². The molecular formula is C18H23N3O4. The average molecular weight is 345 g/mol. The summed E-state index contributed by atoms with van der Waals surface area (Å²) in [6.07, 6.45) is 1.52. The molecule has 7 heteroatoms. The third-order valence-corrected chi connectivity index (χ3v) is 3.55. The van der Waals surface area contributed by atoms with Gasteiger partial charge in [0.15, 0.2) is 0 Å². The van der Waals surface area contributed by atoms with Crippen molar-refractivity contribution < 1.29 is 18.7 Å². The highest BCUT2D eigenvalue weighted by Gasteiger charge is 2.13. The summed E-state index contributed by atoms with van der Waals surface area (Å²) >= 11 is 0. The van der Waals surface area contributed by atoms with Crippen LogP contribution in [0.1, 0.15) is 16.9 Å². The highest BCUT2D eigenvalue weighted by Crippen LogP contribution is 2.20. The maximum atomic E-state index is 12.0. The highest BCUT2D eigenvalue weighted by atomic mass is 16.5. The van der Waals surface area contributed by atoms with Gasteiger partial charge in [-0.1, -0.05) is 17.7 Å². The number of ether oxygens (including phenoxy) is 1. The number of nitrogens with zero attached hydrogens (tertiary/aromatic N) is 1. The number of carbonyl (C=O) groups is 2. The lowest BCUT2D eigenvalue weighted by molar-refractivity contribution is -0.121. The van der Waals surface area contributed by atoms with E-state index in [1.54, 1.807) is 19.2 Å². The number of methoxy groups -OCH3 is 1. The molecule has 0 radical (unpaired) electrons. The number of aryl methyl sites for hydroxylation is 1. The van der Waals surface area contributed by atoms with Crippen LogP contribution in [0.15, 0.2) is 41.0 Å². The molecule has 0 atom stereocenters. The number of urea groups is 1. The van der Waals surface area contributed by atoms with E-state index in [-0.39, 0.29) is 19.0 Å². The number of hydrogen-bond acceptors (Lipinski definition) is 5. The van der Waals surface area contributed by atoms with Crippen LogP contribution in [0.4, 0.5) is 4.79 Å². The van der Waals surface area contributed by atoms with E-state index >= 15 is 0 Å². The largest absolute Gasteiger partial charge is 0.496 e. The molecule has 7 nitrogen and oxygen atoms in total. The van der Waals surface area contributed by atoms with E-state index in [9.17, 15) is 9.59 Å². The standard InChI is InChI=1S/C18H23N3O4/c1-13-6-7-16(24-3)14(9-13)11-21(2)12-17(22)20-18(23)19-10-15-5-4-8-25-15/h4-9H,10-12H2,1-3H3,(H2,19,20,22,23). The zero-order valence-electron chi connectivity index (χ0n) is 14.7. The van der Waals surface area contributed by atoms with Gasteiger partial charge in [0.05, 0.1) is 26.5 Å². The number of imide groups is 1. The van der Waals surface area contributed by atoms with Crippen LogP contribution in [-0.2, 0) is 17.9 Å². The second-order valence-corrected chi connectivity index (χ2v) is 5.80. The Morgan fingerprint density at radius 3 is 2.76 bits per heavy atom. The summed E-state index contributed by atoms with van der Waals surface area (Å²) in [5.41, 5.74) is 2.10.